The molecular weight excluding hydrogens is 236 g/mol. The Morgan fingerprint density at radius 2 is 2.11 bits per heavy atom. The zero-order valence-electron chi connectivity index (χ0n) is 12.8. The molecule has 2 rings (SSSR count). The van der Waals surface area contributed by atoms with Crippen LogP contribution < -0.4 is 5.32 Å². The van der Waals surface area contributed by atoms with E-state index in [1.165, 1.54) is 37.9 Å². The topological polar surface area (TPSA) is 33.1 Å². The first-order valence-corrected chi connectivity index (χ1v) is 7.50. The molecule has 0 bridgehead atoms. The van der Waals surface area contributed by atoms with Gasteiger partial charge in [-0.1, -0.05) is 6.92 Å². The van der Waals surface area contributed by atoms with Gasteiger partial charge in [0.15, 0.2) is 0 Å². The fourth-order valence-corrected chi connectivity index (χ4v) is 3.36. The third kappa shape index (κ3) is 3.00. The maximum Gasteiger partial charge on any atom is 0.0522 e. The molecule has 2 unspecified atom stereocenters. The van der Waals surface area contributed by atoms with Crippen LogP contribution in [-0.2, 0) is 13.5 Å². The molecule has 4 nitrogen and oxygen atoms in total. The average Bonchev–Trinajstić information content (AvgIpc) is 3.06. The minimum atomic E-state index is 0.237. The third-order valence-electron chi connectivity index (χ3n) is 4.84. The van der Waals surface area contributed by atoms with E-state index in [-0.39, 0.29) is 5.54 Å². The van der Waals surface area contributed by atoms with E-state index >= 15 is 0 Å². The summed E-state index contributed by atoms with van der Waals surface area (Å²) in [5.41, 5.74) is 1.56. The lowest BCUT2D eigenvalue weighted by atomic mass is 9.84. The molecule has 2 heterocycles. The normalized spacial score (nSPS) is 21.5. The zero-order chi connectivity index (χ0) is 13.9. The van der Waals surface area contributed by atoms with E-state index in [0.717, 1.165) is 6.42 Å². The molecule has 1 aromatic rings. The molecule has 0 spiro atoms. The van der Waals surface area contributed by atoms with Gasteiger partial charge in [-0.2, -0.15) is 5.10 Å². The Bertz CT molecular complexity index is 395. The van der Waals surface area contributed by atoms with E-state index in [4.69, 9.17) is 0 Å². The summed E-state index contributed by atoms with van der Waals surface area (Å²) in [7, 11) is 4.07. The van der Waals surface area contributed by atoms with Crippen molar-refractivity contribution in [2.45, 2.75) is 51.1 Å². The Kier molecular flexibility index (Phi) is 4.63. The van der Waals surface area contributed by atoms with Gasteiger partial charge >= 0.3 is 0 Å². The molecular formula is C15H28N4. The van der Waals surface area contributed by atoms with Gasteiger partial charge in [-0.3, -0.25) is 9.58 Å². The first-order valence-electron chi connectivity index (χ1n) is 7.50. The van der Waals surface area contributed by atoms with E-state index in [0.29, 0.717) is 6.04 Å². The summed E-state index contributed by atoms with van der Waals surface area (Å²) in [5.74, 6) is 0. The van der Waals surface area contributed by atoms with Gasteiger partial charge in [-0.25, -0.2) is 0 Å². The van der Waals surface area contributed by atoms with Crippen LogP contribution in [0.15, 0.2) is 12.4 Å². The molecule has 2 atom stereocenters. The largest absolute Gasteiger partial charge is 0.315 e. The molecule has 0 aliphatic carbocycles. The predicted octanol–water partition coefficient (Wildman–Crippen LogP) is 1.82. The third-order valence-corrected chi connectivity index (χ3v) is 4.84. The van der Waals surface area contributed by atoms with Crippen molar-refractivity contribution < 1.29 is 0 Å². The van der Waals surface area contributed by atoms with Crippen molar-refractivity contribution in [2.75, 3.05) is 20.1 Å². The Hall–Kier alpha value is -0.870. The monoisotopic (exact) mass is 264 g/mol. The molecule has 0 radical (unpaired) electrons. The van der Waals surface area contributed by atoms with E-state index in [1.807, 2.05) is 17.9 Å². The van der Waals surface area contributed by atoms with Crippen molar-refractivity contribution in [3.05, 3.63) is 18.0 Å². The number of nitrogens with zero attached hydrogens (tertiary/aromatic N) is 3. The summed E-state index contributed by atoms with van der Waals surface area (Å²) in [6.45, 7) is 7.22. The van der Waals surface area contributed by atoms with Gasteiger partial charge in [0.1, 0.15) is 0 Å². The number of likely N-dealkylation sites (N-methyl/N-ethyl adjacent to an activating group) is 1. The number of rotatable bonds is 6. The van der Waals surface area contributed by atoms with Crippen LogP contribution in [0.2, 0.25) is 0 Å². The highest BCUT2D eigenvalue weighted by Gasteiger charge is 2.38. The van der Waals surface area contributed by atoms with Gasteiger partial charge in [0, 0.05) is 24.8 Å². The smallest absolute Gasteiger partial charge is 0.0522 e. The highest BCUT2D eigenvalue weighted by Crippen LogP contribution is 2.29. The second-order valence-corrected chi connectivity index (χ2v) is 5.97. The molecule has 0 saturated carbocycles. The number of likely N-dealkylation sites (tertiary alicyclic amines) is 1. The molecule has 1 fully saturated rings. The lowest BCUT2D eigenvalue weighted by Gasteiger charge is -2.44. The van der Waals surface area contributed by atoms with E-state index in [9.17, 15) is 0 Å². The van der Waals surface area contributed by atoms with Crippen molar-refractivity contribution in [3.63, 3.8) is 0 Å². The number of hydrogen-bond acceptors (Lipinski definition) is 3. The minimum Gasteiger partial charge on any atom is -0.315 e. The minimum absolute atomic E-state index is 0.237. The fraction of sp³-hybridized carbons (Fsp3) is 0.800. The van der Waals surface area contributed by atoms with Gasteiger partial charge in [-0.15, -0.1) is 0 Å². The Morgan fingerprint density at radius 3 is 2.58 bits per heavy atom. The highest BCUT2D eigenvalue weighted by atomic mass is 15.2. The molecule has 19 heavy (non-hydrogen) atoms. The number of aryl methyl sites for hydroxylation is 1. The quantitative estimate of drug-likeness (QED) is 0.851. The maximum absolute atomic E-state index is 4.28. The van der Waals surface area contributed by atoms with Crippen LogP contribution in [0.3, 0.4) is 0 Å². The van der Waals surface area contributed by atoms with Gasteiger partial charge in [0.05, 0.1) is 6.20 Å². The van der Waals surface area contributed by atoms with Crippen LogP contribution in [-0.4, -0.2) is 46.4 Å². The van der Waals surface area contributed by atoms with Crippen LogP contribution in [0.1, 0.15) is 38.7 Å². The molecule has 0 amide bonds. The summed E-state index contributed by atoms with van der Waals surface area (Å²) in [5, 5.41) is 7.83. The number of hydrogen-bond donors (Lipinski definition) is 1. The molecule has 1 saturated heterocycles. The van der Waals surface area contributed by atoms with Crippen LogP contribution in [0.4, 0.5) is 0 Å². The summed E-state index contributed by atoms with van der Waals surface area (Å²) >= 11 is 0. The maximum atomic E-state index is 4.28. The summed E-state index contributed by atoms with van der Waals surface area (Å²) in [4.78, 5) is 2.67. The van der Waals surface area contributed by atoms with Gasteiger partial charge in [0.25, 0.3) is 0 Å². The first-order chi connectivity index (χ1) is 9.10. The van der Waals surface area contributed by atoms with E-state index in [1.54, 1.807) is 0 Å². The second kappa shape index (κ2) is 6.06. The molecule has 4 heteroatoms. The van der Waals surface area contributed by atoms with Crippen LogP contribution in [0.5, 0.6) is 0 Å². The SMILES string of the molecule is CCC(C)(C(Cc1cnn(C)c1)NC)N1CCCC1. The molecule has 108 valence electrons. The van der Waals surface area contributed by atoms with Crippen LogP contribution in [0.25, 0.3) is 0 Å². The number of nitrogens with one attached hydrogen (secondary N) is 1. The fourth-order valence-electron chi connectivity index (χ4n) is 3.36. The molecule has 0 aromatic carbocycles. The van der Waals surface area contributed by atoms with Crippen molar-refractivity contribution in [1.82, 2.24) is 20.0 Å². The lowest BCUT2D eigenvalue weighted by molar-refractivity contribution is 0.0873. The first kappa shape index (κ1) is 14.5. The summed E-state index contributed by atoms with van der Waals surface area (Å²) in [6, 6.07) is 0.472. The summed E-state index contributed by atoms with van der Waals surface area (Å²) < 4.78 is 1.89. The number of aromatic nitrogens is 2. The van der Waals surface area contributed by atoms with Crippen molar-refractivity contribution in [2.24, 2.45) is 7.05 Å². The van der Waals surface area contributed by atoms with Crippen LogP contribution in [0, 0.1) is 0 Å². The van der Waals surface area contributed by atoms with Gasteiger partial charge in [-0.05, 0) is 58.3 Å². The van der Waals surface area contributed by atoms with Crippen molar-refractivity contribution in [3.8, 4) is 0 Å². The second-order valence-electron chi connectivity index (χ2n) is 5.97. The molecule has 1 aromatic heterocycles. The molecule has 1 aliphatic rings. The highest BCUT2D eigenvalue weighted by molar-refractivity contribution is 5.10. The average molecular weight is 264 g/mol. The van der Waals surface area contributed by atoms with Gasteiger partial charge < -0.3 is 5.32 Å². The predicted molar refractivity (Wildman–Crippen MR) is 79.3 cm³/mol. The summed E-state index contributed by atoms with van der Waals surface area (Å²) in [6.07, 6.45) is 9.04. The lowest BCUT2D eigenvalue weighted by Crippen LogP contribution is -2.58. The Morgan fingerprint density at radius 1 is 1.42 bits per heavy atom. The van der Waals surface area contributed by atoms with Gasteiger partial charge in [0.2, 0.25) is 0 Å². The zero-order valence-corrected chi connectivity index (χ0v) is 12.8. The van der Waals surface area contributed by atoms with Crippen molar-refractivity contribution in [1.29, 1.82) is 0 Å². The molecule has 1 N–H and O–H groups in total. The Balaban J connectivity index is 2.13. The Labute approximate surface area is 117 Å². The van der Waals surface area contributed by atoms with E-state index in [2.05, 4.69) is 42.4 Å². The van der Waals surface area contributed by atoms with E-state index < -0.39 is 0 Å². The van der Waals surface area contributed by atoms with Crippen molar-refractivity contribution >= 4 is 0 Å². The standard InChI is InChI=1S/C15H28N4/c1-5-15(2,19-8-6-7-9-19)14(16-3)10-13-11-17-18(4)12-13/h11-12,14,16H,5-10H2,1-4H3. The molecule has 1 aliphatic heterocycles. The van der Waals surface area contributed by atoms with Crippen LogP contribution >= 0.6 is 0 Å².